The predicted octanol–water partition coefficient (Wildman–Crippen LogP) is 8.37. The van der Waals surface area contributed by atoms with E-state index in [4.69, 9.17) is 9.97 Å². The molecule has 0 atom stereocenters. The second kappa shape index (κ2) is 12.1. The van der Waals surface area contributed by atoms with Crippen LogP contribution in [0.2, 0.25) is 0 Å². The third-order valence-corrected chi connectivity index (χ3v) is 8.82. The summed E-state index contributed by atoms with van der Waals surface area (Å²) >= 11 is 0. The van der Waals surface area contributed by atoms with Gasteiger partial charge in [0.05, 0.1) is 34.5 Å². The van der Waals surface area contributed by atoms with Crippen molar-refractivity contribution in [1.82, 2.24) is 35.0 Å². The van der Waals surface area contributed by atoms with Crippen LogP contribution in [0.5, 0.6) is 0 Å². The number of aromatic nitrogens is 6. The average molecular weight is 615 g/mol. The third kappa shape index (κ3) is 6.15. The Morgan fingerprint density at radius 2 is 1.83 bits per heavy atom. The maximum atomic E-state index is 14.9. The van der Waals surface area contributed by atoms with Crippen LogP contribution in [0.3, 0.4) is 0 Å². The van der Waals surface area contributed by atoms with Gasteiger partial charge in [-0.25, -0.2) is 9.37 Å². The number of anilines is 1. The minimum absolute atomic E-state index is 0.0855. The SMILES string of the molecule is C=C(Nc1cncc(-c2ccc3[nH]nc(-c4cc5c(-c6cc(F)cc(CCCN7CCCC7)c6)nccc5[nH]4)c3n2)c1)C(C)(C)C. The molecule has 3 N–H and O–H groups in total. The zero-order chi connectivity index (χ0) is 31.8. The molecule has 0 bridgehead atoms. The van der Waals surface area contributed by atoms with Crippen LogP contribution in [0.15, 0.2) is 79.4 Å². The number of benzene rings is 1. The fourth-order valence-electron chi connectivity index (χ4n) is 6.11. The lowest BCUT2D eigenvalue weighted by atomic mass is 9.93. The molecule has 1 saturated heterocycles. The molecule has 0 amide bonds. The number of nitrogens with one attached hydrogen (secondary N) is 3. The monoisotopic (exact) mass is 614 g/mol. The fourth-order valence-corrected chi connectivity index (χ4v) is 6.11. The molecule has 1 aliphatic rings. The van der Waals surface area contributed by atoms with Crippen LogP contribution in [0.25, 0.3) is 55.8 Å². The molecule has 9 heteroatoms. The van der Waals surface area contributed by atoms with Crippen LogP contribution in [-0.4, -0.2) is 54.7 Å². The van der Waals surface area contributed by atoms with Crippen LogP contribution >= 0.6 is 0 Å². The molecular formula is C37H39FN8. The van der Waals surface area contributed by atoms with Gasteiger partial charge in [0, 0.05) is 45.5 Å². The van der Waals surface area contributed by atoms with E-state index in [1.807, 2.05) is 30.3 Å². The first-order valence-electron chi connectivity index (χ1n) is 16.0. The topological polar surface area (TPSA) is 98.4 Å². The molecule has 1 aromatic carbocycles. The van der Waals surface area contributed by atoms with Crippen LogP contribution in [-0.2, 0) is 6.42 Å². The zero-order valence-corrected chi connectivity index (χ0v) is 26.6. The van der Waals surface area contributed by atoms with Gasteiger partial charge in [0.25, 0.3) is 0 Å². The summed E-state index contributed by atoms with van der Waals surface area (Å²) in [6, 6.07) is 15.2. The molecule has 0 saturated carbocycles. The van der Waals surface area contributed by atoms with E-state index >= 15 is 0 Å². The predicted molar refractivity (Wildman–Crippen MR) is 184 cm³/mol. The summed E-state index contributed by atoms with van der Waals surface area (Å²) in [6.45, 7) is 13.9. The number of rotatable bonds is 9. The second-order valence-electron chi connectivity index (χ2n) is 13.3. The summed E-state index contributed by atoms with van der Waals surface area (Å²) in [5, 5.41) is 12.0. The Hall–Kier alpha value is -4.89. The number of hydrogen-bond donors (Lipinski definition) is 3. The van der Waals surface area contributed by atoms with E-state index in [2.05, 4.69) is 63.8 Å². The average Bonchev–Trinajstić information content (AvgIpc) is 3.80. The van der Waals surface area contributed by atoms with Crippen LogP contribution in [0.1, 0.15) is 45.6 Å². The van der Waals surface area contributed by atoms with Gasteiger partial charge in [-0.15, -0.1) is 0 Å². The van der Waals surface area contributed by atoms with Crippen molar-refractivity contribution in [2.75, 3.05) is 25.0 Å². The number of aromatic amines is 2. The van der Waals surface area contributed by atoms with Gasteiger partial charge in [-0.3, -0.25) is 15.1 Å². The molecule has 46 heavy (non-hydrogen) atoms. The second-order valence-corrected chi connectivity index (χ2v) is 13.3. The standard InChI is InChI=1S/C37H39FN8/c1-23(37(2,3)4)41-28-19-26(21-39-22-28)30-9-10-32-35(43-30)36(45-44-32)33-20-29-31(42-33)11-12-40-34(29)25-16-24(17-27(38)18-25)8-7-15-46-13-5-6-14-46/h9-12,16-22,41-42H,1,5-8,13-15H2,2-4H3,(H,44,45). The van der Waals surface area contributed by atoms with E-state index in [1.54, 1.807) is 30.7 Å². The zero-order valence-electron chi connectivity index (χ0n) is 26.6. The lowest BCUT2D eigenvalue weighted by molar-refractivity contribution is 0.334. The number of allylic oxidation sites excluding steroid dienone is 1. The first-order chi connectivity index (χ1) is 22.2. The van der Waals surface area contributed by atoms with Crippen molar-refractivity contribution in [3.05, 3.63) is 90.8 Å². The number of H-pyrrole nitrogens is 2. The van der Waals surface area contributed by atoms with Crippen molar-refractivity contribution in [3.63, 3.8) is 0 Å². The lowest BCUT2D eigenvalue weighted by Crippen LogP contribution is -2.20. The van der Waals surface area contributed by atoms with Crippen molar-refractivity contribution in [2.24, 2.45) is 5.41 Å². The minimum atomic E-state index is -0.241. The van der Waals surface area contributed by atoms with Crippen molar-refractivity contribution in [2.45, 2.75) is 46.5 Å². The van der Waals surface area contributed by atoms with E-state index in [0.29, 0.717) is 5.69 Å². The molecule has 0 radical (unpaired) electrons. The Balaban J connectivity index is 1.19. The van der Waals surface area contributed by atoms with Gasteiger partial charge >= 0.3 is 0 Å². The largest absolute Gasteiger partial charge is 0.358 e. The van der Waals surface area contributed by atoms with E-state index in [1.165, 1.54) is 25.9 Å². The van der Waals surface area contributed by atoms with Gasteiger partial charge < -0.3 is 15.2 Å². The molecular weight excluding hydrogens is 575 g/mol. The Morgan fingerprint density at radius 3 is 2.65 bits per heavy atom. The third-order valence-electron chi connectivity index (χ3n) is 8.82. The lowest BCUT2D eigenvalue weighted by Gasteiger charge is -2.23. The van der Waals surface area contributed by atoms with Gasteiger partial charge in [-0.05, 0) is 99.4 Å². The first-order valence-corrected chi connectivity index (χ1v) is 16.0. The summed E-state index contributed by atoms with van der Waals surface area (Å²) in [5.74, 6) is -0.241. The molecule has 5 aromatic heterocycles. The first kappa shape index (κ1) is 29.8. The maximum Gasteiger partial charge on any atom is 0.135 e. The number of hydrogen-bond acceptors (Lipinski definition) is 6. The summed E-state index contributed by atoms with van der Waals surface area (Å²) in [7, 11) is 0. The molecule has 234 valence electrons. The quantitative estimate of drug-likeness (QED) is 0.151. The van der Waals surface area contributed by atoms with Crippen molar-refractivity contribution < 1.29 is 4.39 Å². The normalized spacial score (nSPS) is 14.0. The number of aryl methyl sites for hydroxylation is 1. The molecule has 0 spiro atoms. The van der Waals surface area contributed by atoms with Gasteiger partial charge in [0.2, 0.25) is 0 Å². The summed E-state index contributed by atoms with van der Waals surface area (Å²) in [6.07, 6.45) is 9.76. The van der Waals surface area contributed by atoms with Crippen molar-refractivity contribution >= 4 is 27.6 Å². The summed E-state index contributed by atoms with van der Waals surface area (Å²) < 4.78 is 14.9. The van der Waals surface area contributed by atoms with Crippen LogP contribution in [0, 0.1) is 11.2 Å². The van der Waals surface area contributed by atoms with Gasteiger partial charge in [-0.2, -0.15) is 5.10 Å². The smallest absolute Gasteiger partial charge is 0.135 e. The summed E-state index contributed by atoms with van der Waals surface area (Å²) in [4.78, 5) is 20.2. The number of likely N-dealkylation sites (tertiary alicyclic amines) is 1. The summed E-state index contributed by atoms with van der Waals surface area (Å²) in [5.41, 5.74) is 9.81. The molecule has 7 rings (SSSR count). The Kier molecular flexibility index (Phi) is 7.86. The molecule has 0 aliphatic carbocycles. The van der Waals surface area contributed by atoms with E-state index in [9.17, 15) is 4.39 Å². The minimum Gasteiger partial charge on any atom is -0.358 e. The molecule has 8 nitrogen and oxygen atoms in total. The van der Waals surface area contributed by atoms with Crippen LogP contribution < -0.4 is 5.32 Å². The molecule has 6 heterocycles. The number of pyridine rings is 3. The van der Waals surface area contributed by atoms with Gasteiger partial charge in [0.1, 0.15) is 17.0 Å². The number of fused-ring (bicyclic) bond motifs is 2. The van der Waals surface area contributed by atoms with E-state index < -0.39 is 0 Å². The molecule has 0 unspecified atom stereocenters. The number of halogens is 1. The highest BCUT2D eigenvalue weighted by molar-refractivity contribution is 5.99. The number of nitrogens with zero attached hydrogens (tertiary/aromatic N) is 5. The fraction of sp³-hybridized carbons (Fsp3) is 0.297. The molecule has 1 aliphatic heterocycles. The van der Waals surface area contributed by atoms with Gasteiger partial charge in [0.15, 0.2) is 0 Å². The van der Waals surface area contributed by atoms with E-state index in [-0.39, 0.29) is 11.2 Å². The molecule has 1 fully saturated rings. The van der Waals surface area contributed by atoms with Crippen LogP contribution in [0.4, 0.5) is 10.1 Å². The van der Waals surface area contributed by atoms with Crippen molar-refractivity contribution in [3.8, 4) is 33.9 Å². The maximum absolute atomic E-state index is 14.9. The Morgan fingerprint density at radius 1 is 0.978 bits per heavy atom. The Bertz CT molecular complexity index is 2040. The molecule has 6 aromatic rings. The van der Waals surface area contributed by atoms with Crippen molar-refractivity contribution in [1.29, 1.82) is 0 Å². The Labute approximate surface area is 268 Å². The highest BCUT2D eigenvalue weighted by Gasteiger charge is 2.18. The van der Waals surface area contributed by atoms with E-state index in [0.717, 1.165) is 86.5 Å². The highest BCUT2D eigenvalue weighted by atomic mass is 19.1. The van der Waals surface area contributed by atoms with Gasteiger partial charge in [-0.1, -0.05) is 27.4 Å². The highest BCUT2D eigenvalue weighted by Crippen LogP contribution is 2.34.